The van der Waals surface area contributed by atoms with Gasteiger partial charge in [-0.1, -0.05) is 24.6 Å². The van der Waals surface area contributed by atoms with Crippen molar-refractivity contribution in [2.24, 2.45) is 0 Å². The summed E-state index contributed by atoms with van der Waals surface area (Å²) in [4.78, 5) is 11.8. The van der Waals surface area contributed by atoms with E-state index in [1.54, 1.807) is 18.2 Å². The van der Waals surface area contributed by atoms with Crippen molar-refractivity contribution in [3.05, 3.63) is 34.3 Å². The van der Waals surface area contributed by atoms with Crippen LogP contribution in [0.15, 0.2) is 18.2 Å². The van der Waals surface area contributed by atoms with E-state index in [-0.39, 0.29) is 12.5 Å². The molecule has 0 aliphatic heterocycles. The summed E-state index contributed by atoms with van der Waals surface area (Å²) in [5.41, 5.74) is 1.42. The van der Waals surface area contributed by atoms with Crippen molar-refractivity contribution >= 4 is 17.5 Å². The van der Waals surface area contributed by atoms with Crippen molar-refractivity contribution < 1.29 is 9.90 Å². The molecule has 88 valence electrons. The fourth-order valence-electron chi connectivity index (χ4n) is 1.29. The van der Waals surface area contributed by atoms with Crippen molar-refractivity contribution in [1.29, 1.82) is 0 Å². The second-order valence-corrected chi connectivity index (χ2v) is 4.17. The first kappa shape index (κ1) is 13.0. The summed E-state index contributed by atoms with van der Waals surface area (Å²) >= 11 is 5.82. The number of rotatable bonds is 4. The molecule has 2 N–H and O–H groups in total. The van der Waals surface area contributed by atoms with Gasteiger partial charge in [-0.3, -0.25) is 4.79 Å². The molecule has 16 heavy (non-hydrogen) atoms. The van der Waals surface area contributed by atoms with Crippen LogP contribution < -0.4 is 5.32 Å². The zero-order valence-electron chi connectivity index (χ0n) is 9.46. The first-order valence-corrected chi connectivity index (χ1v) is 5.64. The molecular formula is C12H16ClNO2. The van der Waals surface area contributed by atoms with Gasteiger partial charge in [0.2, 0.25) is 0 Å². The maximum Gasteiger partial charge on any atom is 0.251 e. The lowest BCUT2D eigenvalue weighted by molar-refractivity contribution is 0.0913. The molecule has 0 saturated carbocycles. The highest BCUT2D eigenvalue weighted by Gasteiger charge is 2.10. The van der Waals surface area contributed by atoms with Crippen LogP contribution in [0.5, 0.6) is 0 Å². The third kappa shape index (κ3) is 3.51. The summed E-state index contributed by atoms with van der Waals surface area (Å²) in [5.74, 6) is -0.201. The molecule has 1 rings (SSSR count). The van der Waals surface area contributed by atoms with Crippen LogP contribution in [-0.2, 0) is 0 Å². The minimum absolute atomic E-state index is 0.201. The molecule has 0 saturated heterocycles. The number of halogens is 1. The Morgan fingerprint density at radius 1 is 1.56 bits per heavy atom. The molecule has 0 bridgehead atoms. The zero-order chi connectivity index (χ0) is 12.1. The van der Waals surface area contributed by atoms with E-state index in [1.165, 1.54) is 0 Å². The highest BCUT2D eigenvalue weighted by Crippen LogP contribution is 2.15. The molecule has 0 spiro atoms. The highest BCUT2D eigenvalue weighted by molar-refractivity contribution is 6.31. The van der Waals surface area contributed by atoms with E-state index in [1.807, 2.05) is 13.8 Å². The van der Waals surface area contributed by atoms with Crippen LogP contribution in [0.3, 0.4) is 0 Å². The molecule has 0 radical (unpaired) electrons. The fourth-order valence-corrected chi connectivity index (χ4v) is 1.46. The minimum atomic E-state index is -0.497. The van der Waals surface area contributed by atoms with Gasteiger partial charge in [-0.05, 0) is 31.0 Å². The molecule has 0 fully saturated rings. The van der Waals surface area contributed by atoms with E-state index in [4.69, 9.17) is 11.6 Å². The second-order valence-electron chi connectivity index (χ2n) is 3.73. The second kappa shape index (κ2) is 5.87. The molecule has 0 aliphatic carbocycles. The van der Waals surface area contributed by atoms with Crippen LogP contribution in [0.25, 0.3) is 0 Å². The number of amides is 1. The average Bonchev–Trinajstić information content (AvgIpc) is 2.28. The number of aryl methyl sites for hydroxylation is 1. The topological polar surface area (TPSA) is 49.3 Å². The van der Waals surface area contributed by atoms with E-state index < -0.39 is 6.10 Å². The third-order valence-corrected chi connectivity index (χ3v) is 2.65. The molecule has 3 nitrogen and oxygen atoms in total. The van der Waals surface area contributed by atoms with E-state index in [0.29, 0.717) is 17.0 Å². The van der Waals surface area contributed by atoms with Gasteiger partial charge in [0.1, 0.15) is 0 Å². The summed E-state index contributed by atoms with van der Waals surface area (Å²) in [6.07, 6.45) is 0.123. The number of carbonyl (C=O) groups excluding carboxylic acids is 1. The van der Waals surface area contributed by atoms with Gasteiger partial charge in [0.05, 0.1) is 6.10 Å². The van der Waals surface area contributed by atoms with E-state index in [9.17, 15) is 9.90 Å². The van der Waals surface area contributed by atoms with Crippen LogP contribution in [0.2, 0.25) is 5.02 Å². The molecule has 0 aliphatic rings. The third-order valence-electron chi connectivity index (χ3n) is 2.41. The van der Waals surface area contributed by atoms with Gasteiger partial charge in [0.15, 0.2) is 0 Å². The largest absolute Gasteiger partial charge is 0.391 e. The number of hydrogen-bond acceptors (Lipinski definition) is 2. The molecule has 1 amide bonds. The number of nitrogens with one attached hydrogen (secondary N) is 1. The lowest BCUT2D eigenvalue weighted by Crippen LogP contribution is -2.32. The summed E-state index contributed by atoms with van der Waals surface area (Å²) < 4.78 is 0. The summed E-state index contributed by atoms with van der Waals surface area (Å²) in [5, 5.41) is 12.5. The van der Waals surface area contributed by atoms with Crippen molar-refractivity contribution in [2.75, 3.05) is 6.54 Å². The Morgan fingerprint density at radius 2 is 2.25 bits per heavy atom. The smallest absolute Gasteiger partial charge is 0.251 e. The summed E-state index contributed by atoms with van der Waals surface area (Å²) in [6.45, 7) is 3.98. The molecule has 1 atom stereocenters. The van der Waals surface area contributed by atoms with Crippen LogP contribution in [0.4, 0.5) is 0 Å². The number of aliphatic hydroxyl groups excluding tert-OH is 1. The molecule has 1 unspecified atom stereocenters. The molecule has 1 aromatic rings. The number of benzene rings is 1. The van der Waals surface area contributed by atoms with Gasteiger partial charge in [0.25, 0.3) is 5.91 Å². The van der Waals surface area contributed by atoms with Gasteiger partial charge in [-0.15, -0.1) is 0 Å². The lowest BCUT2D eigenvalue weighted by Gasteiger charge is -2.11. The van der Waals surface area contributed by atoms with Crippen molar-refractivity contribution in [1.82, 2.24) is 5.32 Å². The quantitative estimate of drug-likeness (QED) is 0.849. The number of hydrogen-bond donors (Lipinski definition) is 2. The summed E-state index contributed by atoms with van der Waals surface area (Å²) in [7, 11) is 0. The Bertz CT molecular complexity index is 379. The highest BCUT2D eigenvalue weighted by atomic mass is 35.5. The van der Waals surface area contributed by atoms with Gasteiger partial charge < -0.3 is 10.4 Å². The summed E-state index contributed by atoms with van der Waals surface area (Å²) in [6, 6.07) is 5.17. The average molecular weight is 242 g/mol. The fraction of sp³-hybridized carbons (Fsp3) is 0.417. The Kier molecular flexibility index (Phi) is 4.77. The van der Waals surface area contributed by atoms with Gasteiger partial charge in [-0.2, -0.15) is 0 Å². The first-order valence-electron chi connectivity index (χ1n) is 5.27. The molecule has 4 heteroatoms. The van der Waals surface area contributed by atoms with Crippen LogP contribution >= 0.6 is 11.6 Å². The van der Waals surface area contributed by atoms with E-state index in [0.717, 1.165) is 5.56 Å². The zero-order valence-corrected chi connectivity index (χ0v) is 10.2. The maximum absolute atomic E-state index is 11.8. The van der Waals surface area contributed by atoms with Gasteiger partial charge >= 0.3 is 0 Å². The SMILES string of the molecule is CCC(O)CNC(=O)c1cc(Cl)ccc1C. The van der Waals surface area contributed by atoms with Crippen LogP contribution in [0.1, 0.15) is 29.3 Å². The first-order chi connectivity index (χ1) is 7.54. The monoisotopic (exact) mass is 241 g/mol. The maximum atomic E-state index is 11.8. The molecule has 0 aromatic heterocycles. The van der Waals surface area contributed by atoms with E-state index >= 15 is 0 Å². The van der Waals surface area contributed by atoms with Crippen molar-refractivity contribution in [2.45, 2.75) is 26.4 Å². The number of carbonyl (C=O) groups is 1. The predicted molar refractivity (Wildman–Crippen MR) is 64.8 cm³/mol. The van der Waals surface area contributed by atoms with Crippen molar-refractivity contribution in [3.63, 3.8) is 0 Å². The standard InChI is InChI=1S/C12H16ClNO2/c1-3-10(15)7-14-12(16)11-6-9(13)5-4-8(11)2/h4-6,10,15H,3,7H2,1-2H3,(H,14,16). The van der Waals surface area contributed by atoms with Crippen molar-refractivity contribution in [3.8, 4) is 0 Å². The minimum Gasteiger partial charge on any atom is -0.391 e. The lowest BCUT2D eigenvalue weighted by atomic mass is 10.1. The Morgan fingerprint density at radius 3 is 2.88 bits per heavy atom. The molecular weight excluding hydrogens is 226 g/mol. The van der Waals surface area contributed by atoms with E-state index in [2.05, 4.69) is 5.32 Å². The van der Waals surface area contributed by atoms with Crippen LogP contribution in [0, 0.1) is 6.92 Å². The Labute approximate surface area is 100 Å². The van der Waals surface area contributed by atoms with Gasteiger partial charge in [-0.25, -0.2) is 0 Å². The molecule has 0 heterocycles. The Balaban J connectivity index is 2.69. The van der Waals surface area contributed by atoms with Gasteiger partial charge in [0, 0.05) is 17.1 Å². The Hall–Kier alpha value is -1.06. The number of aliphatic hydroxyl groups is 1. The predicted octanol–water partition coefficient (Wildman–Crippen LogP) is 2.15. The van der Waals surface area contributed by atoms with Crippen LogP contribution in [-0.4, -0.2) is 23.7 Å². The normalized spacial score (nSPS) is 12.2. The molecule has 1 aromatic carbocycles.